The van der Waals surface area contributed by atoms with E-state index in [1.165, 1.54) is 21.8 Å². The molecular formula is C18H22ClN3O. The number of hydrogen-bond acceptors (Lipinski definition) is 2. The van der Waals surface area contributed by atoms with E-state index < -0.39 is 0 Å². The number of benzene rings is 2. The molecule has 122 valence electrons. The SMILES string of the molecule is CCn1c2ccccc2c2cc(NC(=O)CCCN)ccc21.Cl. The Hall–Kier alpha value is -2.04. The van der Waals surface area contributed by atoms with E-state index in [0.29, 0.717) is 19.4 Å². The molecule has 0 aliphatic carbocycles. The minimum absolute atomic E-state index is 0. The number of nitrogens with one attached hydrogen (secondary N) is 1. The number of fused-ring (bicyclic) bond motifs is 3. The Morgan fingerprint density at radius 2 is 1.87 bits per heavy atom. The number of carbonyl (C=O) groups is 1. The predicted octanol–water partition coefficient (Wildman–Crippen LogP) is 3.91. The van der Waals surface area contributed by atoms with E-state index in [2.05, 4.69) is 47.1 Å². The topological polar surface area (TPSA) is 60.0 Å². The van der Waals surface area contributed by atoms with Crippen molar-refractivity contribution in [2.75, 3.05) is 11.9 Å². The van der Waals surface area contributed by atoms with Crippen LogP contribution in [0.15, 0.2) is 42.5 Å². The molecule has 1 heterocycles. The van der Waals surface area contributed by atoms with Crippen LogP contribution in [0.1, 0.15) is 19.8 Å². The van der Waals surface area contributed by atoms with Crippen LogP contribution in [0.4, 0.5) is 5.69 Å². The summed E-state index contributed by atoms with van der Waals surface area (Å²) in [5.41, 5.74) is 8.71. The molecule has 3 aromatic rings. The summed E-state index contributed by atoms with van der Waals surface area (Å²) in [5.74, 6) is 0.0176. The van der Waals surface area contributed by atoms with Gasteiger partial charge in [0, 0.05) is 40.5 Å². The van der Waals surface area contributed by atoms with Crippen molar-refractivity contribution in [3.05, 3.63) is 42.5 Å². The number of halogens is 1. The van der Waals surface area contributed by atoms with Crippen LogP contribution in [0, 0.1) is 0 Å². The Kier molecular flexibility index (Phi) is 5.64. The smallest absolute Gasteiger partial charge is 0.224 e. The molecule has 0 fully saturated rings. The number of para-hydroxylation sites is 1. The second-order valence-corrected chi connectivity index (χ2v) is 5.43. The minimum Gasteiger partial charge on any atom is -0.341 e. The number of amides is 1. The summed E-state index contributed by atoms with van der Waals surface area (Å²) in [7, 11) is 0. The zero-order chi connectivity index (χ0) is 15.5. The Morgan fingerprint density at radius 3 is 2.61 bits per heavy atom. The van der Waals surface area contributed by atoms with Crippen LogP contribution in [0.3, 0.4) is 0 Å². The Balaban J connectivity index is 0.00000192. The first-order chi connectivity index (χ1) is 10.7. The number of hydrogen-bond donors (Lipinski definition) is 2. The number of carbonyl (C=O) groups excluding carboxylic acids is 1. The molecule has 5 heteroatoms. The van der Waals surface area contributed by atoms with Gasteiger partial charge in [0.05, 0.1) is 0 Å². The van der Waals surface area contributed by atoms with Gasteiger partial charge in [0.1, 0.15) is 0 Å². The number of rotatable bonds is 5. The van der Waals surface area contributed by atoms with E-state index in [-0.39, 0.29) is 18.3 Å². The lowest BCUT2D eigenvalue weighted by Gasteiger charge is -2.06. The maximum atomic E-state index is 11.9. The molecule has 0 saturated carbocycles. The summed E-state index contributed by atoms with van der Waals surface area (Å²) in [6.07, 6.45) is 1.18. The van der Waals surface area contributed by atoms with Gasteiger partial charge in [0.15, 0.2) is 0 Å². The van der Waals surface area contributed by atoms with Gasteiger partial charge in [-0.15, -0.1) is 12.4 Å². The van der Waals surface area contributed by atoms with Crippen molar-refractivity contribution < 1.29 is 4.79 Å². The molecule has 0 atom stereocenters. The Labute approximate surface area is 142 Å². The maximum Gasteiger partial charge on any atom is 0.224 e. The average Bonchev–Trinajstić information content (AvgIpc) is 2.86. The van der Waals surface area contributed by atoms with E-state index in [0.717, 1.165) is 12.2 Å². The van der Waals surface area contributed by atoms with Crippen molar-refractivity contribution in [1.29, 1.82) is 0 Å². The quantitative estimate of drug-likeness (QED) is 0.744. The molecule has 0 saturated heterocycles. The largest absolute Gasteiger partial charge is 0.341 e. The van der Waals surface area contributed by atoms with Crippen molar-refractivity contribution in [3.8, 4) is 0 Å². The van der Waals surface area contributed by atoms with E-state index in [1.807, 2.05) is 12.1 Å². The summed E-state index contributed by atoms with van der Waals surface area (Å²) < 4.78 is 2.30. The van der Waals surface area contributed by atoms with Crippen LogP contribution in [-0.4, -0.2) is 17.0 Å². The summed E-state index contributed by atoms with van der Waals surface area (Å²) in [6.45, 7) is 3.61. The predicted molar refractivity (Wildman–Crippen MR) is 99.3 cm³/mol. The third-order valence-corrected chi connectivity index (χ3v) is 3.98. The highest BCUT2D eigenvalue weighted by Gasteiger charge is 2.10. The van der Waals surface area contributed by atoms with Gasteiger partial charge >= 0.3 is 0 Å². The first kappa shape index (κ1) is 17.3. The van der Waals surface area contributed by atoms with Crippen LogP contribution in [-0.2, 0) is 11.3 Å². The fourth-order valence-corrected chi connectivity index (χ4v) is 2.96. The van der Waals surface area contributed by atoms with Crippen molar-refractivity contribution >= 4 is 45.8 Å². The molecule has 0 aliphatic rings. The van der Waals surface area contributed by atoms with Crippen LogP contribution >= 0.6 is 12.4 Å². The molecule has 23 heavy (non-hydrogen) atoms. The lowest BCUT2D eigenvalue weighted by molar-refractivity contribution is -0.116. The van der Waals surface area contributed by atoms with Gasteiger partial charge in [-0.05, 0) is 44.2 Å². The number of nitrogens with two attached hydrogens (primary N) is 1. The minimum atomic E-state index is 0. The van der Waals surface area contributed by atoms with E-state index in [1.54, 1.807) is 0 Å². The third-order valence-electron chi connectivity index (χ3n) is 3.98. The standard InChI is InChI=1S/C18H21N3O.ClH/c1-2-21-16-7-4-3-6-14(16)15-12-13(9-10-17(15)21)20-18(22)8-5-11-19;/h3-4,6-7,9-10,12H,2,5,8,11,19H2,1H3,(H,20,22);1H. The molecule has 2 aromatic carbocycles. The number of anilines is 1. The van der Waals surface area contributed by atoms with Crippen LogP contribution < -0.4 is 11.1 Å². The van der Waals surface area contributed by atoms with Gasteiger partial charge in [0.25, 0.3) is 0 Å². The summed E-state index contributed by atoms with van der Waals surface area (Å²) in [6, 6.07) is 14.5. The maximum absolute atomic E-state index is 11.9. The molecule has 1 amide bonds. The van der Waals surface area contributed by atoms with Crippen molar-refractivity contribution in [1.82, 2.24) is 4.57 Å². The third kappa shape index (κ3) is 3.33. The van der Waals surface area contributed by atoms with Gasteiger partial charge in [-0.1, -0.05) is 18.2 Å². The number of aryl methyl sites for hydroxylation is 1. The van der Waals surface area contributed by atoms with Gasteiger partial charge in [-0.25, -0.2) is 0 Å². The molecule has 0 radical (unpaired) electrons. The normalized spacial score (nSPS) is 10.7. The summed E-state index contributed by atoms with van der Waals surface area (Å²) in [5, 5.41) is 5.35. The van der Waals surface area contributed by atoms with E-state index in [4.69, 9.17) is 5.73 Å². The molecule has 4 nitrogen and oxygen atoms in total. The van der Waals surface area contributed by atoms with Crippen molar-refractivity contribution in [2.24, 2.45) is 5.73 Å². The fourth-order valence-electron chi connectivity index (χ4n) is 2.96. The molecule has 3 N–H and O–H groups in total. The molecule has 1 aromatic heterocycles. The zero-order valence-electron chi connectivity index (χ0n) is 13.2. The highest BCUT2D eigenvalue weighted by molar-refractivity contribution is 6.09. The highest BCUT2D eigenvalue weighted by Crippen LogP contribution is 2.30. The second-order valence-electron chi connectivity index (χ2n) is 5.43. The highest BCUT2D eigenvalue weighted by atomic mass is 35.5. The molecule has 0 aliphatic heterocycles. The van der Waals surface area contributed by atoms with Crippen LogP contribution in [0.25, 0.3) is 21.8 Å². The Morgan fingerprint density at radius 1 is 1.13 bits per heavy atom. The van der Waals surface area contributed by atoms with Gasteiger partial charge in [0.2, 0.25) is 5.91 Å². The van der Waals surface area contributed by atoms with Gasteiger partial charge < -0.3 is 15.6 Å². The first-order valence-corrected chi connectivity index (χ1v) is 7.75. The number of aromatic nitrogens is 1. The van der Waals surface area contributed by atoms with Gasteiger partial charge in [-0.2, -0.15) is 0 Å². The monoisotopic (exact) mass is 331 g/mol. The summed E-state index contributed by atoms with van der Waals surface area (Å²) >= 11 is 0. The number of nitrogens with zero attached hydrogens (tertiary/aromatic N) is 1. The van der Waals surface area contributed by atoms with E-state index >= 15 is 0 Å². The molecule has 0 unspecified atom stereocenters. The van der Waals surface area contributed by atoms with Crippen molar-refractivity contribution in [2.45, 2.75) is 26.3 Å². The zero-order valence-corrected chi connectivity index (χ0v) is 14.0. The molecule has 0 bridgehead atoms. The van der Waals surface area contributed by atoms with Crippen LogP contribution in [0.2, 0.25) is 0 Å². The average molecular weight is 332 g/mol. The fraction of sp³-hybridized carbons (Fsp3) is 0.278. The van der Waals surface area contributed by atoms with E-state index in [9.17, 15) is 4.79 Å². The lowest BCUT2D eigenvalue weighted by Crippen LogP contribution is -2.13. The molecule has 0 spiro atoms. The van der Waals surface area contributed by atoms with Gasteiger partial charge in [-0.3, -0.25) is 4.79 Å². The second kappa shape index (κ2) is 7.49. The molecular weight excluding hydrogens is 310 g/mol. The first-order valence-electron chi connectivity index (χ1n) is 7.75. The lowest BCUT2D eigenvalue weighted by atomic mass is 10.1. The van der Waals surface area contributed by atoms with Crippen molar-refractivity contribution in [3.63, 3.8) is 0 Å². The summed E-state index contributed by atoms with van der Waals surface area (Å²) in [4.78, 5) is 11.9. The Bertz CT molecular complexity index is 826. The van der Waals surface area contributed by atoms with Crippen LogP contribution in [0.5, 0.6) is 0 Å². The molecule has 3 rings (SSSR count).